The fourth-order valence-electron chi connectivity index (χ4n) is 1.59. The molecule has 0 aliphatic carbocycles. The fraction of sp³-hybridized carbons (Fsp3) is 0.385. The summed E-state index contributed by atoms with van der Waals surface area (Å²) >= 11 is 0. The van der Waals surface area contributed by atoms with Gasteiger partial charge in [-0.3, -0.25) is 0 Å². The van der Waals surface area contributed by atoms with Crippen molar-refractivity contribution < 1.29 is 4.42 Å². The number of aryl methyl sites for hydroxylation is 1. The SMILES string of the molecule is CNC(C)c1nnc(Nc2cccc(C)c2C)o1. The average molecular weight is 246 g/mol. The Kier molecular flexibility index (Phi) is 3.62. The molecule has 1 atom stereocenters. The highest BCUT2D eigenvalue weighted by atomic mass is 16.4. The normalized spacial score (nSPS) is 12.4. The van der Waals surface area contributed by atoms with Crippen molar-refractivity contribution in [2.45, 2.75) is 26.8 Å². The molecule has 0 saturated heterocycles. The van der Waals surface area contributed by atoms with E-state index < -0.39 is 0 Å². The van der Waals surface area contributed by atoms with Gasteiger partial charge in [-0.15, -0.1) is 5.10 Å². The van der Waals surface area contributed by atoms with Gasteiger partial charge in [-0.2, -0.15) is 0 Å². The second-order valence-electron chi connectivity index (χ2n) is 4.33. The van der Waals surface area contributed by atoms with Crippen molar-refractivity contribution in [2.75, 3.05) is 12.4 Å². The molecule has 18 heavy (non-hydrogen) atoms. The van der Waals surface area contributed by atoms with E-state index in [1.165, 1.54) is 11.1 Å². The highest BCUT2D eigenvalue weighted by Gasteiger charge is 2.12. The first-order valence-electron chi connectivity index (χ1n) is 5.95. The molecule has 5 heteroatoms. The van der Waals surface area contributed by atoms with E-state index in [1.54, 1.807) is 0 Å². The van der Waals surface area contributed by atoms with Crippen LogP contribution in [0.2, 0.25) is 0 Å². The molecule has 1 heterocycles. The van der Waals surface area contributed by atoms with Crippen molar-refractivity contribution in [1.29, 1.82) is 0 Å². The van der Waals surface area contributed by atoms with Crippen LogP contribution in [-0.4, -0.2) is 17.2 Å². The summed E-state index contributed by atoms with van der Waals surface area (Å²) in [5.74, 6) is 0.574. The topological polar surface area (TPSA) is 63.0 Å². The maximum absolute atomic E-state index is 5.54. The maximum Gasteiger partial charge on any atom is 0.320 e. The Bertz CT molecular complexity index is 536. The highest BCUT2D eigenvalue weighted by Crippen LogP contribution is 2.22. The molecule has 0 radical (unpaired) electrons. The van der Waals surface area contributed by atoms with Crippen molar-refractivity contribution in [1.82, 2.24) is 15.5 Å². The number of hydrogen-bond donors (Lipinski definition) is 2. The number of hydrogen-bond acceptors (Lipinski definition) is 5. The smallest absolute Gasteiger partial charge is 0.320 e. The predicted octanol–water partition coefficient (Wildman–Crippen LogP) is 2.71. The summed E-state index contributed by atoms with van der Waals surface area (Å²) in [7, 11) is 1.85. The molecule has 2 N–H and O–H groups in total. The first-order valence-corrected chi connectivity index (χ1v) is 5.95. The Morgan fingerprint density at radius 2 is 2.00 bits per heavy atom. The Morgan fingerprint density at radius 3 is 2.72 bits per heavy atom. The zero-order valence-corrected chi connectivity index (χ0v) is 11.1. The summed E-state index contributed by atoms with van der Waals surface area (Å²) in [6, 6.07) is 6.53. The van der Waals surface area contributed by atoms with Crippen molar-refractivity contribution >= 4 is 11.7 Å². The number of benzene rings is 1. The zero-order chi connectivity index (χ0) is 13.1. The summed E-state index contributed by atoms with van der Waals surface area (Å²) < 4.78 is 5.54. The first kappa shape index (κ1) is 12.6. The van der Waals surface area contributed by atoms with Crippen molar-refractivity contribution in [3.8, 4) is 0 Å². The summed E-state index contributed by atoms with van der Waals surface area (Å²) in [6.07, 6.45) is 0. The van der Waals surface area contributed by atoms with Gasteiger partial charge in [0.2, 0.25) is 5.89 Å². The van der Waals surface area contributed by atoms with Gasteiger partial charge < -0.3 is 15.1 Å². The third-order valence-corrected chi connectivity index (χ3v) is 3.09. The minimum absolute atomic E-state index is 0.0478. The van der Waals surface area contributed by atoms with Crippen LogP contribution in [0.15, 0.2) is 22.6 Å². The van der Waals surface area contributed by atoms with E-state index in [0.717, 1.165) is 5.69 Å². The highest BCUT2D eigenvalue weighted by molar-refractivity contribution is 5.59. The summed E-state index contributed by atoms with van der Waals surface area (Å²) in [5, 5.41) is 14.2. The van der Waals surface area contributed by atoms with E-state index in [0.29, 0.717) is 11.9 Å². The van der Waals surface area contributed by atoms with Gasteiger partial charge in [0.1, 0.15) is 0 Å². The van der Waals surface area contributed by atoms with E-state index in [1.807, 2.05) is 26.1 Å². The van der Waals surface area contributed by atoms with Crippen LogP contribution in [0, 0.1) is 13.8 Å². The lowest BCUT2D eigenvalue weighted by atomic mass is 10.1. The Morgan fingerprint density at radius 1 is 1.22 bits per heavy atom. The third kappa shape index (κ3) is 2.51. The van der Waals surface area contributed by atoms with Gasteiger partial charge in [0.15, 0.2) is 0 Å². The molecule has 1 aromatic carbocycles. The number of aromatic nitrogens is 2. The second kappa shape index (κ2) is 5.18. The van der Waals surface area contributed by atoms with Crippen molar-refractivity contribution in [2.24, 2.45) is 0 Å². The summed E-state index contributed by atoms with van der Waals surface area (Å²) in [5.41, 5.74) is 3.39. The Balaban J connectivity index is 2.19. The van der Waals surface area contributed by atoms with E-state index in [-0.39, 0.29) is 6.04 Å². The van der Waals surface area contributed by atoms with E-state index in [4.69, 9.17) is 4.42 Å². The van der Waals surface area contributed by atoms with Crippen LogP contribution in [0.25, 0.3) is 0 Å². The molecule has 2 rings (SSSR count). The molecule has 0 bridgehead atoms. The molecular weight excluding hydrogens is 228 g/mol. The van der Waals surface area contributed by atoms with Gasteiger partial charge in [-0.25, -0.2) is 0 Å². The van der Waals surface area contributed by atoms with Crippen LogP contribution in [0.3, 0.4) is 0 Å². The molecule has 1 unspecified atom stereocenters. The average Bonchev–Trinajstić information content (AvgIpc) is 2.82. The molecule has 2 aromatic rings. The standard InChI is InChI=1S/C13H18N4O/c1-8-6-5-7-11(9(8)2)15-13-17-16-12(18-13)10(3)14-4/h5-7,10,14H,1-4H3,(H,15,17). The summed E-state index contributed by atoms with van der Waals surface area (Å²) in [4.78, 5) is 0. The van der Waals surface area contributed by atoms with Crippen LogP contribution < -0.4 is 10.6 Å². The molecule has 0 aliphatic heterocycles. The second-order valence-corrected chi connectivity index (χ2v) is 4.33. The van der Waals surface area contributed by atoms with Crippen LogP contribution in [0.1, 0.15) is 30.0 Å². The Labute approximate surface area is 107 Å². The van der Waals surface area contributed by atoms with Crippen molar-refractivity contribution in [3.63, 3.8) is 0 Å². The van der Waals surface area contributed by atoms with E-state index in [9.17, 15) is 0 Å². The zero-order valence-electron chi connectivity index (χ0n) is 11.1. The monoisotopic (exact) mass is 246 g/mol. The fourth-order valence-corrected chi connectivity index (χ4v) is 1.59. The van der Waals surface area contributed by atoms with Gasteiger partial charge in [0, 0.05) is 5.69 Å². The third-order valence-electron chi connectivity index (χ3n) is 3.09. The lowest BCUT2D eigenvalue weighted by Gasteiger charge is -2.08. The maximum atomic E-state index is 5.54. The predicted molar refractivity (Wildman–Crippen MR) is 71.0 cm³/mol. The van der Waals surface area contributed by atoms with Crippen molar-refractivity contribution in [3.05, 3.63) is 35.2 Å². The van der Waals surface area contributed by atoms with Gasteiger partial charge >= 0.3 is 6.01 Å². The van der Waals surface area contributed by atoms with Gasteiger partial charge in [-0.05, 0) is 45.0 Å². The molecule has 96 valence electrons. The quantitative estimate of drug-likeness (QED) is 0.868. The number of nitrogens with one attached hydrogen (secondary N) is 2. The lowest BCUT2D eigenvalue weighted by Crippen LogP contribution is -2.12. The number of nitrogens with zero attached hydrogens (tertiary/aromatic N) is 2. The minimum Gasteiger partial charge on any atom is -0.406 e. The van der Waals surface area contributed by atoms with Crippen LogP contribution >= 0.6 is 0 Å². The molecule has 1 aromatic heterocycles. The van der Waals surface area contributed by atoms with Crippen LogP contribution in [0.4, 0.5) is 11.7 Å². The molecule has 0 spiro atoms. The van der Waals surface area contributed by atoms with Gasteiger partial charge in [-0.1, -0.05) is 17.2 Å². The van der Waals surface area contributed by atoms with E-state index >= 15 is 0 Å². The number of anilines is 2. The van der Waals surface area contributed by atoms with Gasteiger partial charge in [0.25, 0.3) is 0 Å². The van der Waals surface area contributed by atoms with Crippen LogP contribution in [-0.2, 0) is 0 Å². The molecule has 0 amide bonds. The Hall–Kier alpha value is -1.88. The van der Waals surface area contributed by atoms with Gasteiger partial charge in [0.05, 0.1) is 6.04 Å². The van der Waals surface area contributed by atoms with E-state index in [2.05, 4.69) is 40.7 Å². The number of rotatable bonds is 4. The molecule has 0 fully saturated rings. The molecule has 0 saturated carbocycles. The lowest BCUT2D eigenvalue weighted by molar-refractivity contribution is 0.443. The van der Waals surface area contributed by atoms with Crippen LogP contribution in [0.5, 0.6) is 0 Å². The largest absolute Gasteiger partial charge is 0.406 e. The summed E-state index contributed by atoms with van der Waals surface area (Å²) in [6.45, 7) is 6.10. The first-order chi connectivity index (χ1) is 8.61. The minimum atomic E-state index is 0.0478. The molecular formula is C13H18N4O. The molecule has 5 nitrogen and oxygen atoms in total. The molecule has 0 aliphatic rings.